The second-order valence-corrected chi connectivity index (χ2v) is 8.33. The molecule has 2 rings (SSSR count). The van der Waals surface area contributed by atoms with Gasteiger partial charge in [0, 0.05) is 0 Å². The van der Waals surface area contributed by atoms with Crippen LogP contribution in [0.25, 0.3) is 0 Å². The van der Waals surface area contributed by atoms with E-state index in [4.69, 9.17) is 4.21 Å². The Kier molecular flexibility index (Phi) is 7.25. The van der Waals surface area contributed by atoms with Crippen LogP contribution < -0.4 is 0 Å². The molecule has 0 aromatic heterocycles. The molecule has 2 saturated heterocycles. The zero-order valence-corrected chi connectivity index (χ0v) is 11.4. The molecule has 2 heterocycles. The number of rotatable bonds is 0. The summed E-state index contributed by atoms with van der Waals surface area (Å²) in [5.41, 5.74) is 0. The van der Waals surface area contributed by atoms with Gasteiger partial charge in [0.2, 0.25) is 0 Å². The van der Waals surface area contributed by atoms with Crippen molar-refractivity contribution in [2.24, 2.45) is 0 Å². The predicted molar refractivity (Wildman–Crippen MR) is 63.9 cm³/mol. The van der Waals surface area contributed by atoms with Crippen molar-refractivity contribution in [2.75, 3.05) is 23.0 Å². The monoisotopic (exact) mass is 288 g/mol. The minimum atomic E-state index is -2.55. The van der Waals surface area contributed by atoms with E-state index in [1.165, 1.54) is 0 Å². The summed E-state index contributed by atoms with van der Waals surface area (Å²) in [5.74, 6) is 1.69. The molecule has 0 saturated carbocycles. The summed E-state index contributed by atoms with van der Waals surface area (Å²) < 4.78 is 49.6. The summed E-state index contributed by atoms with van der Waals surface area (Å²) in [7, 11) is -5.09. The van der Waals surface area contributed by atoms with Crippen molar-refractivity contribution in [3.63, 3.8) is 0 Å². The molecule has 2 fully saturated rings. The first kappa shape index (κ1) is 15.9. The Morgan fingerprint density at radius 3 is 0.812 bits per heavy atom. The molecule has 5 nitrogen and oxygen atoms in total. The van der Waals surface area contributed by atoms with Crippen molar-refractivity contribution in [1.82, 2.24) is 0 Å². The number of hydrogen-bond acceptors (Lipinski definition) is 6. The van der Waals surface area contributed by atoms with Crippen LogP contribution in [0.15, 0.2) is 0 Å². The van der Waals surface area contributed by atoms with Gasteiger partial charge in [0.15, 0.2) is 12.5 Å². The summed E-state index contributed by atoms with van der Waals surface area (Å²) in [5, 5.41) is 0. The van der Waals surface area contributed by atoms with Crippen LogP contribution in [0, 0.1) is 0 Å². The Labute approximate surface area is 102 Å². The maximum atomic E-state index is 10.4. The molecule has 0 amide bonds. The van der Waals surface area contributed by atoms with E-state index in [-0.39, 0.29) is 0 Å². The maximum Gasteiger partial charge on any atom is 0.197 e. The van der Waals surface area contributed by atoms with E-state index in [1.807, 2.05) is 0 Å². The van der Waals surface area contributed by atoms with Crippen LogP contribution in [-0.2, 0) is 32.2 Å². The van der Waals surface area contributed by atoms with Gasteiger partial charge in [-0.15, -0.1) is 0 Å². The third kappa shape index (κ3) is 7.24. The van der Waals surface area contributed by atoms with Crippen LogP contribution in [-0.4, -0.2) is 44.1 Å². The summed E-state index contributed by atoms with van der Waals surface area (Å²) in [6, 6.07) is 0. The largest absolute Gasteiger partial charge is 0.229 e. The van der Waals surface area contributed by atoms with Crippen molar-refractivity contribution in [1.29, 1.82) is 0 Å². The van der Waals surface area contributed by atoms with E-state index in [0.29, 0.717) is 23.0 Å². The molecule has 0 spiro atoms. The fourth-order valence-corrected chi connectivity index (χ4v) is 4.48. The molecular formula is C8H16O5S3. The van der Waals surface area contributed by atoms with Crippen molar-refractivity contribution < 1.29 is 21.0 Å². The van der Waals surface area contributed by atoms with E-state index < -0.39 is 19.7 Å². The minimum Gasteiger partial charge on any atom is -0.229 e. The topological polar surface area (TPSA) is 85.3 Å². The zero-order valence-electron chi connectivity index (χ0n) is 8.92. The Bertz CT molecular complexity index is 322. The van der Waals surface area contributed by atoms with E-state index in [1.54, 1.807) is 0 Å². The fourth-order valence-electron chi connectivity index (χ4n) is 1.49. The van der Waals surface area contributed by atoms with Gasteiger partial charge in [0.05, 0.1) is 23.0 Å². The first-order valence-electron chi connectivity index (χ1n) is 4.99. The first-order chi connectivity index (χ1) is 7.41. The average molecular weight is 288 g/mol. The molecule has 16 heavy (non-hydrogen) atoms. The molecule has 0 bridgehead atoms. The van der Waals surface area contributed by atoms with Crippen LogP contribution in [0.3, 0.4) is 0 Å². The predicted octanol–water partition coefficient (Wildman–Crippen LogP) is 0.0537. The van der Waals surface area contributed by atoms with Gasteiger partial charge in [0.1, 0.15) is 19.7 Å². The molecule has 0 N–H and O–H groups in total. The summed E-state index contributed by atoms with van der Waals surface area (Å²) in [6.45, 7) is 0. The third-order valence-electron chi connectivity index (χ3n) is 2.32. The van der Waals surface area contributed by atoms with Crippen LogP contribution in [0.4, 0.5) is 0 Å². The molecule has 0 aliphatic carbocycles. The molecule has 0 aromatic carbocycles. The maximum absolute atomic E-state index is 10.4. The first-order valence-corrected chi connectivity index (χ1v) is 8.96. The lowest BCUT2D eigenvalue weighted by atomic mass is 10.4. The van der Waals surface area contributed by atoms with Gasteiger partial charge in [-0.05, 0) is 25.7 Å². The fraction of sp³-hybridized carbons (Fsp3) is 1.00. The van der Waals surface area contributed by atoms with Crippen molar-refractivity contribution in [3.05, 3.63) is 0 Å². The van der Waals surface area contributed by atoms with Gasteiger partial charge < -0.3 is 0 Å². The molecule has 96 valence electrons. The lowest BCUT2D eigenvalue weighted by molar-refractivity contribution is 0.600. The van der Waals surface area contributed by atoms with Crippen LogP contribution in [0.5, 0.6) is 0 Å². The van der Waals surface area contributed by atoms with Crippen LogP contribution >= 0.6 is 0 Å². The van der Waals surface area contributed by atoms with E-state index in [9.17, 15) is 16.8 Å². The smallest absolute Gasteiger partial charge is 0.197 e. The minimum absolute atomic E-state index is 0.424. The van der Waals surface area contributed by atoms with Crippen molar-refractivity contribution in [3.8, 4) is 0 Å². The average Bonchev–Trinajstić information content (AvgIpc) is 2.78. The van der Waals surface area contributed by atoms with Crippen molar-refractivity contribution >= 4 is 32.2 Å². The van der Waals surface area contributed by atoms with Gasteiger partial charge in [-0.1, -0.05) is 0 Å². The van der Waals surface area contributed by atoms with E-state index >= 15 is 0 Å². The van der Waals surface area contributed by atoms with Crippen molar-refractivity contribution in [2.45, 2.75) is 25.7 Å². The quantitative estimate of drug-likeness (QED) is 0.626. The second-order valence-electron chi connectivity index (χ2n) is 3.72. The normalized spacial score (nSPS) is 24.8. The highest BCUT2D eigenvalue weighted by molar-refractivity contribution is 7.91. The van der Waals surface area contributed by atoms with Gasteiger partial charge in [0.25, 0.3) is 0 Å². The molecular weight excluding hydrogens is 272 g/mol. The summed E-state index contributed by atoms with van der Waals surface area (Å²) in [6.07, 6.45) is 3.51. The highest BCUT2D eigenvalue weighted by Gasteiger charge is 2.16. The van der Waals surface area contributed by atoms with Crippen LogP contribution in [0.2, 0.25) is 0 Å². The third-order valence-corrected chi connectivity index (χ3v) is 5.96. The van der Waals surface area contributed by atoms with Gasteiger partial charge in [-0.3, -0.25) is 0 Å². The molecule has 0 atom stereocenters. The van der Waals surface area contributed by atoms with E-state index in [2.05, 4.69) is 12.5 Å². The molecule has 0 radical (unpaired) electrons. The zero-order chi connectivity index (χ0) is 12.7. The van der Waals surface area contributed by atoms with Gasteiger partial charge in [-0.2, -0.15) is 4.21 Å². The molecule has 2 aliphatic heterocycles. The standard InChI is InChI=1S/2C4H8O2S.OS/c2*5-7(6)3-1-2-4-7;1-2/h2*1-4H2;. The molecule has 0 aromatic rings. The summed E-state index contributed by atoms with van der Waals surface area (Å²) >= 11 is 2.83. The Hall–Kier alpha value is -0.0800. The lowest BCUT2D eigenvalue weighted by Gasteiger charge is -1.81. The van der Waals surface area contributed by atoms with Gasteiger partial charge >= 0.3 is 0 Å². The summed E-state index contributed by atoms with van der Waals surface area (Å²) in [4.78, 5) is 0. The van der Waals surface area contributed by atoms with Crippen LogP contribution in [0.1, 0.15) is 25.7 Å². The second kappa shape index (κ2) is 7.29. The Morgan fingerprint density at radius 2 is 0.750 bits per heavy atom. The molecule has 2 aliphatic rings. The Balaban J connectivity index is 0.000000244. The number of hydrogen-bond donors (Lipinski definition) is 0. The lowest BCUT2D eigenvalue weighted by Crippen LogP contribution is -1.98. The van der Waals surface area contributed by atoms with E-state index in [0.717, 1.165) is 25.7 Å². The van der Waals surface area contributed by atoms with Gasteiger partial charge in [-0.25, -0.2) is 16.8 Å². The highest BCUT2D eigenvalue weighted by atomic mass is 32.2. The molecule has 8 heteroatoms. The molecule has 0 unspecified atom stereocenters. The SMILES string of the molecule is O=S.O=S1(=O)CCCC1.O=S1(=O)CCCC1. The Morgan fingerprint density at radius 1 is 0.562 bits per heavy atom. The highest BCUT2D eigenvalue weighted by Crippen LogP contribution is 2.08. The number of sulfone groups is 2.